The minimum absolute atomic E-state index is 0.0104. The number of ether oxygens (including phenoxy) is 2. The predicted molar refractivity (Wildman–Crippen MR) is 103 cm³/mol. The molecule has 1 saturated heterocycles. The molecule has 2 fully saturated rings. The lowest BCUT2D eigenvalue weighted by molar-refractivity contribution is -0.118. The number of amides is 1. The number of carbonyl (C=O) groups excluding carboxylic acids is 1. The third-order valence-corrected chi connectivity index (χ3v) is 5.80. The van der Waals surface area contributed by atoms with Gasteiger partial charge in [0.15, 0.2) is 0 Å². The van der Waals surface area contributed by atoms with Gasteiger partial charge >= 0.3 is 0 Å². The van der Waals surface area contributed by atoms with E-state index in [4.69, 9.17) is 15.2 Å². The minimum Gasteiger partial charge on any atom is -0.490 e. The molecule has 3 rings (SSSR count). The molecule has 1 aliphatic heterocycles. The Morgan fingerprint density at radius 1 is 1.27 bits per heavy atom. The summed E-state index contributed by atoms with van der Waals surface area (Å²) in [5.41, 5.74) is 7.87. The molecule has 1 saturated carbocycles. The molecule has 0 bridgehead atoms. The Balaban J connectivity index is 1.57. The van der Waals surface area contributed by atoms with Crippen molar-refractivity contribution in [2.45, 2.75) is 64.4 Å². The molecule has 2 aliphatic rings. The van der Waals surface area contributed by atoms with Crippen LogP contribution in [0.1, 0.15) is 56.9 Å². The van der Waals surface area contributed by atoms with Crippen LogP contribution in [-0.4, -0.2) is 31.8 Å². The summed E-state index contributed by atoms with van der Waals surface area (Å²) in [6.07, 6.45) is 8.35. The lowest BCUT2D eigenvalue weighted by Crippen LogP contribution is -2.36. The van der Waals surface area contributed by atoms with Crippen LogP contribution in [0.4, 0.5) is 5.69 Å². The first kappa shape index (κ1) is 19.2. The number of hydrogen-bond acceptors (Lipinski definition) is 4. The van der Waals surface area contributed by atoms with Crippen molar-refractivity contribution in [1.29, 1.82) is 0 Å². The lowest BCUT2D eigenvalue weighted by Gasteiger charge is -2.35. The summed E-state index contributed by atoms with van der Waals surface area (Å²) in [6.45, 7) is 4.14. The van der Waals surface area contributed by atoms with Crippen LogP contribution < -0.4 is 15.8 Å². The molecule has 144 valence electrons. The monoisotopic (exact) mass is 360 g/mol. The first-order valence-corrected chi connectivity index (χ1v) is 9.95. The van der Waals surface area contributed by atoms with Gasteiger partial charge in [0.25, 0.3) is 0 Å². The maximum atomic E-state index is 12.5. The molecule has 26 heavy (non-hydrogen) atoms. The Morgan fingerprint density at radius 2 is 2.00 bits per heavy atom. The number of anilines is 1. The van der Waals surface area contributed by atoms with Crippen LogP contribution in [0.5, 0.6) is 5.75 Å². The van der Waals surface area contributed by atoms with Crippen molar-refractivity contribution in [2.24, 2.45) is 11.1 Å². The van der Waals surface area contributed by atoms with Crippen LogP contribution in [-0.2, 0) is 9.53 Å². The van der Waals surface area contributed by atoms with Crippen molar-refractivity contribution in [3.8, 4) is 5.75 Å². The van der Waals surface area contributed by atoms with E-state index in [2.05, 4.69) is 5.32 Å². The summed E-state index contributed by atoms with van der Waals surface area (Å²) in [5, 5.41) is 3.05. The van der Waals surface area contributed by atoms with Crippen LogP contribution in [0.25, 0.3) is 0 Å². The Labute approximate surface area is 156 Å². The van der Waals surface area contributed by atoms with Gasteiger partial charge in [-0.2, -0.15) is 0 Å². The van der Waals surface area contributed by atoms with Gasteiger partial charge in [0.1, 0.15) is 11.9 Å². The molecular formula is C21H32N2O3. The van der Waals surface area contributed by atoms with Crippen LogP contribution in [0.15, 0.2) is 18.2 Å². The molecule has 5 heteroatoms. The van der Waals surface area contributed by atoms with Crippen molar-refractivity contribution >= 4 is 11.6 Å². The minimum atomic E-state index is -0.0104. The second-order valence-electron chi connectivity index (χ2n) is 7.90. The third kappa shape index (κ3) is 4.98. The fraction of sp³-hybridized carbons (Fsp3) is 0.667. The zero-order valence-electron chi connectivity index (χ0n) is 15.9. The van der Waals surface area contributed by atoms with E-state index in [9.17, 15) is 4.79 Å². The summed E-state index contributed by atoms with van der Waals surface area (Å²) >= 11 is 0. The van der Waals surface area contributed by atoms with E-state index in [0.717, 1.165) is 55.9 Å². The average molecular weight is 360 g/mol. The molecule has 1 heterocycles. The second-order valence-corrected chi connectivity index (χ2v) is 7.90. The molecule has 1 aliphatic carbocycles. The number of nitrogens with one attached hydrogen (secondary N) is 1. The molecule has 5 nitrogen and oxygen atoms in total. The Morgan fingerprint density at radius 3 is 2.65 bits per heavy atom. The predicted octanol–water partition coefficient (Wildman–Crippen LogP) is 3.79. The molecule has 0 atom stereocenters. The number of carbonyl (C=O) groups is 1. The highest BCUT2D eigenvalue weighted by Crippen LogP contribution is 2.38. The van der Waals surface area contributed by atoms with Gasteiger partial charge in [-0.25, -0.2) is 0 Å². The normalized spacial score (nSPS) is 20.5. The number of nitrogens with two attached hydrogens (primary N) is 1. The van der Waals surface area contributed by atoms with Crippen LogP contribution >= 0.6 is 0 Å². The van der Waals surface area contributed by atoms with E-state index in [0.29, 0.717) is 13.0 Å². The molecule has 0 spiro atoms. The third-order valence-electron chi connectivity index (χ3n) is 5.80. The van der Waals surface area contributed by atoms with E-state index >= 15 is 0 Å². The molecule has 0 unspecified atom stereocenters. The molecule has 3 N–H and O–H groups in total. The number of hydrogen-bond donors (Lipinski definition) is 2. The van der Waals surface area contributed by atoms with Crippen molar-refractivity contribution in [1.82, 2.24) is 0 Å². The molecule has 1 aromatic carbocycles. The summed E-state index contributed by atoms with van der Waals surface area (Å²) in [7, 11) is 0. The van der Waals surface area contributed by atoms with E-state index in [1.54, 1.807) is 0 Å². The van der Waals surface area contributed by atoms with Gasteiger partial charge in [-0.15, -0.1) is 0 Å². The molecule has 0 aromatic heterocycles. The van der Waals surface area contributed by atoms with Crippen LogP contribution in [0, 0.1) is 12.3 Å². The van der Waals surface area contributed by atoms with Crippen LogP contribution in [0.2, 0.25) is 0 Å². The first-order chi connectivity index (χ1) is 12.6. The standard InChI is InChI=1S/C21H32N2O3/c1-16-13-17(5-6-19(16)26-18-7-11-25-12-8-18)23-20(24)14-21(15-22)9-3-2-4-10-21/h5-6,13,18H,2-4,7-12,14-15,22H2,1H3,(H,23,24). The Bertz CT molecular complexity index is 605. The van der Waals surface area contributed by atoms with Gasteiger partial charge in [0.05, 0.1) is 13.2 Å². The average Bonchev–Trinajstić information content (AvgIpc) is 2.65. The van der Waals surface area contributed by atoms with Gasteiger partial charge in [-0.1, -0.05) is 19.3 Å². The smallest absolute Gasteiger partial charge is 0.224 e. The number of benzene rings is 1. The first-order valence-electron chi connectivity index (χ1n) is 9.95. The maximum absolute atomic E-state index is 12.5. The van der Waals surface area contributed by atoms with Gasteiger partial charge in [-0.3, -0.25) is 4.79 Å². The van der Waals surface area contributed by atoms with Gasteiger partial charge in [-0.05, 0) is 55.5 Å². The van der Waals surface area contributed by atoms with Crippen molar-refractivity contribution in [3.63, 3.8) is 0 Å². The molecular weight excluding hydrogens is 328 g/mol. The molecule has 0 radical (unpaired) electrons. The summed E-state index contributed by atoms with van der Waals surface area (Å²) in [4.78, 5) is 12.5. The number of aryl methyl sites for hydroxylation is 1. The zero-order chi connectivity index (χ0) is 18.4. The topological polar surface area (TPSA) is 73.6 Å². The van der Waals surface area contributed by atoms with Crippen molar-refractivity contribution in [3.05, 3.63) is 23.8 Å². The summed E-state index contributed by atoms with van der Waals surface area (Å²) in [5.74, 6) is 0.954. The van der Waals surface area contributed by atoms with Crippen LogP contribution in [0.3, 0.4) is 0 Å². The Hall–Kier alpha value is -1.59. The van der Waals surface area contributed by atoms with E-state index in [1.807, 2.05) is 25.1 Å². The maximum Gasteiger partial charge on any atom is 0.224 e. The molecule has 1 amide bonds. The summed E-state index contributed by atoms with van der Waals surface area (Å²) < 4.78 is 11.5. The van der Waals surface area contributed by atoms with E-state index < -0.39 is 0 Å². The fourth-order valence-electron chi connectivity index (χ4n) is 4.13. The lowest BCUT2D eigenvalue weighted by atomic mass is 9.71. The quantitative estimate of drug-likeness (QED) is 0.809. The van der Waals surface area contributed by atoms with Gasteiger partial charge in [0, 0.05) is 24.9 Å². The van der Waals surface area contributed by atoms with Gasteiger partial charge < -0.3 is 20.5 Å². The summed E-state index contributed by atoms with van der Waals surface area (Å²) in [6, 6.07) is 5.87. The second kappa shape index (κ2) is 8.87. The SMILES string of the molecule is Cc1cc(NC(=O)CC2(CN)CCCCC2)ccc1OC1CCOCC1. The van der Waals surface area contributed by atoms with E-state index in [-0.39, 0.29) is 17.4 Å². The highest BCUT2D eigenvalue weighted by atomic mass is 16.5. The number of rotatable bonds is 6. The van der Waals surface area contributed by atoms with Crippen molar-refractivity contribution in [2.75, 3.05) is 25.1 Å². The van der Waals surface area contributed by atoms with Gasteiger partial charge in [0.2, 0.25) is 5.91 Å². The molecule has 1 aromatic rings. The van der Waals surface area contributed by atoms with Crippen molar-refractivity contribution < 1.29 is 14.3 Å². The highest BCUT2D eigenvalue weighted by molar-refractivity contribution is 5.91. The largest absolute Gasteiger partial charge is 0.490 e. The highest BCUT2D eigenvalue weighted by Gasteiger charge is 2.33. The fourth-order valence-corrected chi connectivity index (χ4v) is 4.13. The Kier molecular flexibility index (Phi) is 6.54. The zero-order valence-corrected chi connectivity index (χ0v) is 15.9. The van der Waals surface area contributed by atoms with E-state index in [1.165, 1.54) is 19.3 Å².